The van der Waals surface area contributed by atoms with E-state index in [0.717, 1.165) is 61.7 Å². The Kier molecular flexibility index (Phi) is 13.9. The molecule has 6 aliphatic rings. The summed E-state index contributed by atoms with van der Waals surface area (Å²) in [4.78, 5) is 22.9. The number of carboxylic acid groups (broad SMARTS) is 2. The molecule has 0 bridgehead atoms. The Balaban J connectivity index is 0.000000508. The minimum Gasteiger partial charge on any atom is -0.480 e. The number of aliphatic carboxylic acids is 2. The maximum Gasteiger partial charge on any atom is 0.321 e. The van der Waals surface area contributed by atoms with Crippen molar-refractivity contribution in [2.24, 2.45) is 63.2 Å². The number of hydrogen-bond acceptors (Lipinski definition) is 5. The predicted molar refractivity (Wildman–Crippen MR) is 188 cm³/mol. The van der Waals surface area contributed by atoms with Crippen LogP contribution in [0.2, 0.25) is 0 Å². The average Bonchev–Trinajstić information content (AvgIpc) is 3.34. The van der Waals surface area contributed by atoms with Crippen LogP contribution in [0.15, 0.2) is 11.6 Å². The molecular weight excluding hydrogens is 784 g/mol. The first-order valence-corrected chi connectivity index (χ1v) is 19.6. The molecule has 6 rings (SSSR count). The van der Waals surface area contributed by atoms with Gasteiger partial charge in [-0.05, 0) is 136 Å². The Labute approximate surface area is 305 Å². The molecule has 0 saturated heterocycles. The Morgan fingerprint density at radius 1 is 0.896 bits per heavy atom. The van der Waals surface area contributed by atoms with Crippen molar-refractivity contribution in [3.8, 4) is 0 Å². The largest absolute Gasteiger partial charge is 0.480 e. The van der Waals surface area contributed by atoms with Gasteiger partial charge in [0.25, 0.3) is 0 Å². The number of ether oxygens (including phenoxy) is 1. The van der Waals surface area contributed by atoms with Gasteiger partial charge >= 0.3 is 11.9 Å². The smallest absolute Gasteiger partial charge is 0.321 e. The predicted octanol–water partition coefficient (Wildman–Crippen LogP) is 8.34. The van der Waals surface area contributed by atoms with E-state index >= 15 is 0 Å². The molecule has 5 fully saturated rings. The second-order valence-electron chi connectivity index (χ2n) is 17.9. The van der Waals surface area contributed by atoms with E-state index in [2.05, 4.69) is 33.8 Å². The third-order valence-electron chi connectivity index (χ3n) is 14.7. The first-order chi connectivity index (χ1) is 22.3. The van der Waals surface area contributed by atoms with Gasteiger partial charge in [0.2, 0.25) is 0 Å². The van der Waals surface area contributed by atoms with E-state index in [0.29, 0.717) is 17.4 Å². The topological polar surface area (TPSA) is 136 Å². The van der Waals surface area contributed by atoms with E-state index in [1.165, 1.54) is 77.0 Å². The first kappa shape index (κ1) is 40.0. The zero-order valence-corrected chi connectivity index (χ0v) is 32.8. The number of nitrogens with two attached hydrogens (primary N) is 2. The van der Waals surface area contributed by atoms with Crippen LogP contribution in [-0.2, 0) is 35.4 Å². The molecule has 0 amide bonds. The summed E-state index contributed by atoms with van der Waals surface area (Å²) in [5, 5.41) is 18.7. The van der Waals surface area contributed by atoms with Crippen LogP contribution >= 0.6 is 0 Å². The summed E-state index contributed by atoms with van der Waals surface area (Å²) in [6.07, 6.45) is 24.9. The second-order valence-corrected chi connectivity index (χ2v) is 17.9. The summed E-state index contributed by atoms with van der Waals surface area (Å²) in [6, 6.07) is 0.562. The molecule has 9 atom stereocenters. The molecule has 0 aromatic rings. The van der Waals surface area contributed by atoms with Crippen molar-refractivity contribution >= 4 is 11.9 Å². The standard InChI is InChI=1S/C34H54O5.C6H14N2.Pt/c1-22(2)7-5-6-8-24-10-12-28-27-11-9-25-19-26(13-16-33(25,4)29(27)14-17-32(24,28)3)39-18-15-23-20-34(21-23,30(35)36)31(37)38;7-5-3-1-2-4-6(5)8;/h9,22-24,26-29H,5-8,10-21H2,1-4H3,(H,35,36)(H,37,38);5-6H,1-4,7-8H2;. The van der Waals surface area contributed by atoms with E-state index in [1.807, 2.05) is 0 Å². The van der Waals surface area contributed by atoms with Crippen LogP contribution in [-0.4, -0.2) is 46.9 Å². The number of allylic oxidation sites excluding steroid dienone is 1. The SMILES string of the molecule is CC(C)CCCCC1CCC2C3CC=C4CC(OCCC5CC(C(=O)O)(C(=O)O)C5)CCC4(C)C3CCC12C.NC1CCCCC1N.[Pt]. The molecule has 0 aliphatic heterocycles. The van der Waals surface area contributed by atoms with Gasteiger partial charge in [0.15, 0.2) is 5.41 Å². The van der Waals surface area contributed by atoms with Crippen LogP contribution < -0.4 is 11.5 Å². The van der Waals surface area contributed by atoms with Crippen molar-refractivity contribution in [3.63, 3.8) is 0 Å². The van der Waals surface area contributed by atoms with Crippen molar-refractivity contribution in [3.05, 3.63) is 11.6 Å². The van der Waals surface area contributed by atoms with Crippen molar-refractivity contribution in [1.82, 2.24) is 0 Å². The fourth-order valence-electron chi connectivity index (χ4n) is 11.5. The molecule has 7 nitrogen and oxygen atoms in total. The fraction of sp³-hybridized carbons (Fsp3) is 0.900. The van der Waals surface area contributed by atoms with E-state index in [9.17, 15) is 19.8 Å². The maximum atomic E-state index is 11.4. The van der Waals surface area contributed by atoms with Gasteiger partial charge in [-0.3, -0.25) is 9.59 Å². The third-order valence-corrected chi connectivity index (χ3v) is 14.7. The monoisotopic (exact) mass is 851 g/mol. The van der Waals surface area contributed by atoms with Crippen molar-refractivity contribution in [2.45, 2.75) is 168 Å². The second kappa shape index (κ2) is 16.7. The number of fused-ring (bicyclic) bond motifs is 5. The fourth-order valence-corrected chi connectivity index (χ4v) is 11.5. The summed E-state index contributed by atoms with van der Waals surface area (Å²) < 4.78 is 6.33. The molecule has 0 heterocycles. The van der Waals surface area contributed by atoms with Gasteiger partial charge in [-0.25, -0.2) is 0 Å². The number of carbonyl (C=O) groups is 2. The van der Waals surface area contributed by atoms with Gasteiger partial charge in [-0.1, -0.05) is 71.4 Å². The molecule has 5 saturated carbocycles. The Hall–Kier alpha value is -0.752. The van der Waals surface area contributed by atoms with E-state index in [4.69, 9.17) is 16.2 Å². The zero-order chi connectivity index (χ0) is 34.0. The zero-order valence-electron chi connectivity index (χ0n) is 30.5. The van der Waals surface area contributed by atoms with Crippen LogP contribution in [0.5, 0.6) is 0 Å². The molecule has 6 aliphatic carbocycles. The minimum absolute atomic E-state index is 0. The van der Waals surface area contributed by atoms with Crippen LogP contribution in [0.25, 0.3) is 0 Å². The van der Waals surface area contributed by atoms with Gasteiger partial charge in [0.05, 0.1) is 6.10 Å². The minimum atomic E-state index is -1.57. The van der Waals surface area contributed by atoms with Crippen LogP contribution in [0.3, 0.4) is 0 Å². The molecular formula is C40H68N2O5Pt. The molecule has 8 heteroatoms. The molecule has 0 aromatic heterocycles. The Morgan fingerprint density at radius 3 is 2.17 bits per heavy atom. The van der Waals surface area contributed by atoms with E-state index < -0.39 is 17.4 Å². The van der Waals surface area contributed by atoms with Crippen molar-refractivity contribution < 1.29 is 45.6 Å². The maximum absolute atomic E-state index is 11.4. The van der Waals surface area contributed by atoms with E-state index in [-0.39, 0.29) is 58.0 Å². The first-order valence-electron chi connectivity index (χ1n) is 19.6. The molecule has 278 valence electrons. The Morgan fingerprint density at radius 2 is 1.56 bits per heavy atom. The molecule has 48 heavy (non-hydrogen) atoms. The van der Waals surface area contributed by atoms with Gasteiger partial charge < -0.3 is 26.4 Å². The molecule has 0 aromatic carbocycles. The van der Waals surface area contributed by atoms with E-state index in [1.54, 1.807) is 5.57 Å². The molecule has 0 radical (unpaired) electrons. The number of unbranched alkanes of at least 4 members (excludes halogenated alkanes) is 1. The average molecular weight is 852 g/mol. The quantitative estimate of drug-likeness (QED) is 0.0933. The molecule has 0 spiro atoms. The third kappa shape index (κ3) is 8.31. The number of carboxylic acids is 2. The number of hydrogen-bond donors (Lipinski definition) is 4. The van der Waals surface area contributed by atoms with Crippen molar-refractivity contribution in [1.29, 1.82) is 0 Å². The summed E-state index contributed by atoms with van der Waals surface area (Å²) in [5.74, 6) is 2.11. The summed E-state index contributed by atoms with van der Waals surface area (Å²) in [6.45, 7) is 10.5. The van der Waals surface area contributed by atoms with Gasteiger partial charge in [-0.2, -0.15) is 0 Å². The van der Waals surface area contributed by atoms with Crippen LogP contribution in [0.1, 0.15) is 150 Å². The summed E-state index contributed by atoms with van der Waals surface area (Å²) in [5.41, 5.74) is 12.3. The van der Waals surface area contributed by atoms with Gasteiger partial charge in [-0.15, -0.1) is 0 Å². The van der Waals surface area contributed by atoms with Gasteiger partial charge in [0.1, 0.15) is 0 Å². The van der Waals surface area contributed by atoms with Gasteiger partial charge in [0, 0.05) is 39.8 Å². The normalized spacial score (nSPS) is 38.6. The van der Waals surface area contributed by atoms with Crippen LogP contribution in [0.4, 0.5) is 0 Å². The summed E-state index contributed by atoms with van der Waals surface area (Å²) in [7, 11) is 0. The van der Waals surface area contributed by atoms with Crippen molar-refractivity contribution in [2.75, 3.05) is 6.61 Å². The Bertz CT molecular complexity index is 1100. The van der Waals surface area contributed by atoms with Crippen LogP contribution in [0, 0.1) is 51.8 Å². The molecule has 6 N–H and O–H groups in total. The number of rotatable bonds is 11. The molecule has 9 unspecified atom stereocenters. The summed E-state index contributed by atoms with van der Waals surface area (Å²) >= 11 is 0.